The summed E-state index contributed by atoms with van der Waals surface area (Å²) in [7, 11) is 3.95. The Morgan fingerprint density at radius 2 is 2.04 bits per heavy atom. The molecular formula is C20H30N4O. The van der Waals surface area contributed by atoms with Crippen molar-refractivity contribution in [1.29, 1.82) is 0 Å². The second-order valence-electron chi connectivity index (χ2n) is 7.06. The van der Waals surface area contributed by atoms with E-state index in [9.17, 15) is 0 Å². The Labute approximate surface area is 151 Å². The summed E-state index contributed by atoms with van der Waals surface area (Å²) in [6.45, 7) is 4.74. The van der Waals surface area contributed by atoms with Gasteiger partial charge in [0.05, 0.1) is 19.2 Å². The van der Waals surface area contributed by atoms with Crippen molar-refractivity contribution in [2.45, 2.75) is 51.6 Å². The highest BCUT2D eigenvalue weighted by molar-refractivity contribution is 5.26. The fourth-order valence-corrected chi connectivity index (χ4v) is 3.59. The average molecular weight is 342 g/mol. The molecule has 1 fully saturated rings. The molecule has 1 aliphatic rings. The minimum Gasteiger partial charge on any atom is -0.384 e. The van der Waals surface area contributed by atoms with E-state index in [-0.39, 0.29) is 0 Å². The molecule has 0 bridgehead atoms. The molecule has 25 heavy (non-hydrogen) atoms. The molecule has 2 aromatic rings. The first-order chi connectivity index (χ1) is 12.2. The van der Waals surface area contributed by atoms with Crippen LogP contribution in [0.25, 0.3) is 0 Å². The smallest absolute Gasteiger partial charge is 0.153 e. The largest absolute Gasteiger partial charge is 0.384 e. The van der Waals surface area contributed by atoms with Crippen LogP contribution in [-0.4, -0.2) is 47.0 Å². The molecule has 1 aromatic heterocycles. The second-order valence-corrected chi connectivity index (χ2v) is 7.06. The summed E-state index contributed by atoms with van der Waals surface area (Å²) in [6.07, 6.45) is 5.77. The summed E-state index contributed by atoms with van der Waals surface area (Å²) >= 11 is 0. The molecule has 1 atom stereocenters. The fourth-order valence-electron chi connectivity index (χ4n) is 3.59. The molecule has 136 valence electrons. The SMILES string of the molecule is COCCc1nc(C2CCCCCN2C)n(Cc2ccccc2C)n1. The van der Waals surface area contributed by atoms with E-state index in [1.165, 1.54) is 30.4 Å². The van der Waals surface area contributed by atoms with Crippen molar-refractivity contribution in [3.8, 4) is 0 Å². The van der Waals surface area contributed by atoms with Crippen LogP contribution in [0.3, 0.4) is 0 Å². The van der Waals surface area contributed by atoms with E-state index < -0.39 is 0 Å². The lowest BCUT2D eigenvalue weighted by atomic mass is 10.1. The number of benzene rings is 1. The summed E-state index contributed by atoms with van der Waals surface area (Å²) in [4.78, 5) is 7.37. The fraction of sp³-hybridized carbons (Fsp3) is 0.600. The van der Waals surface area contributed by atoms with E-state index in [0.717, 1.165) is 37.6 Å². The van der Waals surface area contributed by atoms with Gasteiger partial charge in [-0.25, -0.2) is 9.67 Å². The molecular weight excluding hydrogens is 312 g/mol. The summed E-state index contributed by atoms with van der Waals surface area (Å²) < 4.78 is 7.34. The lowest BCUT2D eigenvalue weighted by Crippen LogP contribution is -2.27. The number of aromatic nitrogens is 3. The second kappa shape index (κ2) is 8.59. The topological polar surface area (TPSA) is 43.2 Å². The van der Waals surface area contributed by atoms with Gasteiger partial charge in [0.1, 0.15) is 5.82 Å². The third-order valence-electron chi connectivity index (χ3n) is 5.17. The van der Waals surface area contributed by atoms with Crippen LogP contribution in [0.15, 0.2) is 24.3 Å². The zero-order valence-corrected chi connectivity index (χ0v) is 15.7. The van der Waals surface area contributed by atoms with Gasteiger partial charge in [-0.3, -0.25) is 4.90 Å². The number of methoxy groups -OCH3 is 1. The van der Waals surface area contributed by atoms with Crippen LogP contribution in [0.5, 0.6) is 0 Å². The van der Waals surface area contributed by atoms with Gasteiger partial charge in [0.2, 0.25) is 0 Å². The van der Waals surface area contributed by atoms with Gasteiger partial charge in [-0.05, 0) is 44.5 Å². The first-order valence-corrected chi connectivity index (χ1v) is 9.36. The van der Waals surface area contributed by atoms with Gasteiger partial charge in [-0.15, -0.1) is 0 Å². The van der Waals surface area contributed by atoms with Gasteiger partial charge >= 0.3 is 0 Å². The number of hydrogen-bond acceptors (Lipinski definition) is 4. The van der Waals surface area contributed by atoms with E-state index in [0.29, 0.717) is 12.6 Å². The van der Waals surface area contributed by atoms with Crippen molar-refractivity contribution in [2.75, 3.05) is 27.3 Å². The van der Waals surface area contributed by atoms with Crippen LogP contribution in [0.1, 0.15) is 54.5 Å². The summed E-state index contributed by atoms with van der Waals surface area (Å²) in [5.74, 6) is 2.00. The van der Waals surface area contributed by atoms with Crippen molar-refractivity contribution in [2.24, 2.45) is 0 Å². The standard InChI is InChI=1S/C20H30N4O/c1-16-9-6-7-10-17(16)15-24-20(21-19(22-24)12-14-25-3)18-11-5-4-8-13-23(18)2/h6-7,9-10,18H,4-5,8,11-15H2,1-3H3. The number of likely N-dealkylation sites (tertiary alicyclic amines) is 1. The third kappa shape index (κ3) is 4.47. The molecule has 1 unspecified atom stereocenters. The zero-order valence-electron chi connectivity index (χ0n) is 15.7. The van der Waals surface area contributed by atoms with Crippen molar-refractivity contribution >= 4 is 0 Å². The maximum Gasteiger partial charge on any atom is 0.153 e. The summed E-state index contributed by atoms with van der Waals surface area (Å²) in [6, 6.07) is 8.89. The average Bonchev–Trinajstić information content (AvgIpc) is 2.87. The highest BCUT2D eigenvalue weighted by Gasteiger charge is 2.25. The van der Waals surface area contributed by atoms with Crippen molar-refractivity contribution in [3.63, 3.8) is 0 Å². The first-order valence-electron chi connectivity index (χ1n) is 9.36. The van der Waals surface area contributed by atoms with Crippen LogP contribution in [-0.2, 0) is 17.7 Å². The molecule has 0 amide bonds. The number of nitrogens with zero attached hydrogens (tertiary/aromatic N) is 4. The number of hydrogen-bond donors (Lipinski definition) is 0. The number of ether oxygens (including phenoxy) is 1. The highest BCUT2D eigenvalue weighted by Crippen LogP contribution is 2.28. The Hall–Kier alpha value is -1.72. The molecule has 1 saturated heterocycles. The Bertz CT molecular complexity index is 682. The van der Waals surface area contributed by atoms with Gasteiger partial charge in [0, 0.05) is 13.5 Å². The quantitative estimate of drug-likeness (QED) is 0.807. The maximum atomic E-state index is 5.22. The third-order valence-corrected chi connectivity index (χ3v) is 5.17. The number of aryl methyl sites for hydroxylation is 1. The van der Waals surface area contributed by atoms with E-state index in [1.807, 2.05) is 0 Å². The molecule has 5 heteroatoms. The Balaban J connectivity index is 1.91. The van der Waals surface area contributed by atoms with Crippen molar-refractivity contribution in [3.05, 3.63) is 47.0 Å². The highest BCUT2D eigenvalue weighted by atomic mass is 16.5. The molecule has 1 aliphatic heterocycles. The summed E-state index contributed by atoms with van der Waals surface area (Å²) in [5, 5.41) is 4.82. The van der Waals surface area contributed by atoms with Gasteiger partial charge < -0.3 is 4.74 Å². The molecule has 0 saturated carbocycles. The van der Waals surface area contributed by atoms with Crippen LogP contribution in [0, 0.1) is 6.92 Å². The Kier molecular flexibility index (Phi) is 6.21. The van der Waals surface area contributed by atoms with Crippen LogP contribution in [0.2, 0.25) is 0 Å². The van der Waals surface area contributed by atoms with Gasteiger partial charge in [0.15, 0.2) is 5.82 Å². The van der Waals surface area contributed by atoms with E-state index in [2.05, 4.69) is 47.8 Å². The van der Waals surface area contributed by atoms with Crippen molar-refractivity contribution < 1.29 is 4.74 Å². The molecule has 3 rings (SSSR count). The molecule has 5 nitrogen and oxygen atoms in total. The van der Waals surface area contributed by atoms with E-state index >= 15 is 0 Å². The van der Waals surface area contributed by atoms with E-state index in [4.69, 9.17) is 14.8 Å². The molecule has 2 heterocycles. The predicted molar refractivity (Wildman–Crippen MR) is 99.7 cm³/mol. The van der Waals surface area contributed by atoms with Gasteiger partial charge in [-0.1, -0.05) is 37.1 Å². The Morgan fingerprint density at radius 3 is 2.84 bits per heavy atom. The van der Waals surface area contributed by atoms with Crippen LogP contribution in [0.4, 0.5) is 0 Å². The molecule has 0 spiro atoms. The molecule has 0 aliphatic carbocycles. The minimum atomic E-state index is 0.357. The van der Waals surface area contributed by atoms with E-state index in [1.54, 1.807) is 7.11 Å². The van der Waals surface area contributed by atoms with Gasteiger partial charge in [-0.2, -0.15) is 5.10 Å². The predicted octanol–water partition coefficient (Wildman–Crippen LogP) is 3.37. The zero-order chi connectivity index (χ0) is 17.6. The van der Waals surface area contributed by atoms with Gasteiger partial charge in [0.25, 0.3) is 0 Å². The minimum absolute atomic E-state index is 0.357. The first kappa shape index (κ1) is 18.1. The Morgan fingerprint density at radius 1 is 1.20 bits per heavy atom. The number of rotatable bonds is 6. The molecule has 1 aromatic carbocycles. The lowest BCUT2D eigenvalue weighted by Gasteiger charge is -2.25. The van der Waals surface area contributed by atoms with Crippen molar-refractivity contribution in [1.82, 2.24) is 19.7 Å². The lowest BCUT2D eigenvalue weighted by molar-refractivity contribution is 0.200. The van der Waals surface area contributed by atoms with Crippen LogP contribution < -0.4 is 0 Å². The molecule has 0 N–H and O–H groups in total. The summed E-state index contributed by atoms with van der Waals surface area (Å²) in [5.41, 5.74) is 2.61. The monoisotopic (exact) mass is 342 g/mol. The maximum absolute atomic E-state index is 5.22. The molecule has 0 radical (unpaired) electrons. The normalized spacial score (nSPS) is 19.1. The van der Waals surface area contributed by atoms with Crippen LogP contribution >= 0.6 is 0 Å².